The molecular formula is C15H23ClN2O2. The fourth-order valence-corrected chi connectivity index (χ4v) is 2.12. The molecule has 1 aromatic carbocycles. The van der Waals surface area contributed by atoms with E-state index in [1.807, 2.05) is 0 Å². The summed E-state index contributed by atoms with van der Waals surface area (Å²) in [6.07, 6.45) is 2.19. The molecule has 5 heteroatoms. The normalized spacial score (nSPS) is 11.2. The molecule has 3 N–H and O–H groups in total. The maximum atomic E-state index is 11.9. The predicted molar refractivity (Wildman–Crippen MR) is 83.3 cm³/mol. The van der Waals surface area contributed by atoms with Crippen molar-refractivity contribution < 1.29 is 9.53 Å². The van der Waals surface area contributed by atoms with Gasteiger partial charge in [-0.15, -0.1) is 0 Å². The average molecular weight is 299 g/mol. The lowest BCUT2D eigenvalue weighted by molar-refractivity contribution is -0.116. The van der Waals surface area contributed by atoms with Crippen molar-refractivity contribution in [1.82, 2.24) is 0 Å². The van der Waals surface area contributed by atoms with Gasteiger partial charge in [0.2, 0.25) is 5.91 Å². The molecule has 0 heterocycles. The first-order valence-electron chi connectivity index (χ1n) is 6.71. The van der Waals surface area contributed by atoms with Gasteiger partial charge in [-0.25, -0.2) is 0 Å². The van der Waals surface area contributed by atoms with E-state index in [4.69, 9.17) is 22.1 Å². The van der Waals surface area contributed by atoms with Crippen LogP contribution in [0.25, 0.3) is 0 Å². The largest absolute Gasteiger partial charge is 0.495 e. The van der Waals surface area contributed by atoms with E-state index in [9.17, 15) is 4.79 Å². The summed E-state index contributed by atoms with van der Waals surface area (Å²) < 4.78 is 5.12. The van der Waals surface area contributed by atoms with Crippen molar-refractivity contribution in [3.63, 3.8) is 0 Å². The van der Waals surface area contributed by atoms with Crippen LogP contribution in [0.4, 0.5) is 5.69 Å². The molecule has 0 radical (unpaired) electrons. The number of benzene rings is 1. The molecule has 0 aromatic heterocycles. The van der Waals surface area contributed by atoms with Crippen molar-refractivity contribution in [2.24, 2.45) is 11.1 Å². The summed E-state index contributed by atoms with van der Waals surface area (Å²) >= 11 is 5.94. The summed E-state index contributed by atoms with van der Waals surface area (Å²) in [6, 6.07) is 5.17. The monoisotopic (exact) mass is 298 g/mol. The second-order valence-electron chi connectivity index (χ2n) is 5.60. The highest BCUT2D eigenvalue weighted by atomic mass is 35.5. The number of carbonyl (C=O) groups is 1. The van der Waals surface area contributed by atoms with E-state index in [0.29, 0.717) is 29.4 Å². The van der Waals surface area contributed by atoms with Crippen LogP contribution in [-0.2, 0) is 4.79 Å². The van der Waals surface area contributed by atoms with E-state index in [-0.39, 0.29) is 11.3 Å². The molecule has 112 valence electrons. The third-order valence-electron chi connectivity index (χ3n) is 3.28. The van der Waals surface area contributed by atoms with Crippen molar-refractivity contribution in [1.29, 1.82) is 0 Å². The molecule has 0 bridgehead atoms. The zero-order chi connectivity index (χ0) is 15.2. The van der Waals surface area contributed by atoms with Gasteiger partial charge in [-0.2, -0.15) is 0 Å². The molecule has 0 spiro atoms. The first kappa shape index (κ1) is 16.8. The Morgan fingerprint density at radius 1 is 1.40 bits per heavy atom. The number of amides is 1. The van der Waals surface area contributed by atoms with E-state index in [1.54, 1.807) is 25.3 Å². The summed E-state index contributed by atoms with van der Waals surface area (Å²) in [7, 11) is 1.54. The number of nitrogens with two attached hydrogens (primary N) is 1. The van der Waals surface area contributed by atoms with Gasteiger partial charge in [0.15, 0.2) is 0 Å². The van der Waals surface area contributed by atoms with E-state index >= 15 is 0 Å². The number of anilines is 1. The van der Waals surface area contributed by atoms with E-state index in [1.165, 1.54) is 0 Å². The third kappa shape index (κ3) is 5.39. The SMILES string of the molecule is COc1cc(NC(=O)CCC(C)(C)CCN)ccc1Cl. The molecular weight excluding hydrogens is 276 g/mol. The highest BCUT2D eigenvalue weighted by molar-refractivity contribution is 6.32. The van der Waals surface area contributed by atoms with Gasteiger partial charge in [0.05, 0.1) is 12.1 Å². The highest BCUT2D eigenvalue weighted by Gasteiger charge is 2.18. The first-order chi connectivity index (χ1) is 9.38. The minimum Gasteiger partial charge on any atom is -0.495 e. The molecule has 1 aromatic rings. The Balaban J connectivity index is 2.54. The van der Waals surface area contributed by atoms with E-state index in [0.717, 1.165) is 12.8 Å². The Morgan fingerprint density at radius 2 is 2.10 bits per heavy atom. The van der Waals surface area contributed by atoms with Crippen molar-refractivity contribution in [3.8, 4) is 5.75 Å². The minimum absolute atomic E-state index is 0.0144. The van der Waals surface area contributed by atoms with Crippen LogP contribution in [0, 0.1) is 5.41 Å². The number of carbonyl (C=O) groups excluding carboxylic acids is 1. The van der Waals surface area contributed by atoms with Gasteiger partial charge in [0.1, 0.15) is 5.75 Å². The van der Waals surface area contributed by atoms with Gasteiger partial charge in [-0.3, -0.25) is 4.79 Å². The van der Waals surface area contributed by atoms with Gasteiger partial charge in [0, 0.05) is 18.2 Å². The fraction of sp³-hybridized carbons (Fsp3) is 0.533. The maximum Gasteiger partial charge on any atom is 0.224 e. The highest BCUT2D eigenvalue weighted by Crippen LogP contribution is 2.28. The molecule has 0 atom stereocenters. The average Bonchev–Trinajstić information content (AvgIpc) is 2.39. The third-order valence-corrected chi connectivity index (χ3v) is 3.60. The lowest BCUT2D eigenvalue weighted by Crippen LogP contribution is -2.20. The molecule has 0 saturated heterocycles. The molecule has 0 unspecified atom stereocenters. The zero-order valence-electron chi connectivity index (χ0n) is 12.3. The number of halogens is 1. The molecule has 20 heavy (non-hydrogen) atoms. The molecule has 4 nitrogen and oxygen atoms in total. The molecule has 0 fully saturated rings. The van der Waals surface area contributed by atoms with Crippen molar-refractivity contribution >= 4 is 23.2 Å². The van der Waals surface area contributed by atoms with Gasteiger partial charge >= 0.3 is 0 Å². The summed E-state index contributed by atoms with van der Waals surface area (Å²) in [4.78, 5) is 11.9. The number of nitrogens with one attached hydrogen (secondary N) is 1. The minimum atomic E-state index is -0.0144. The van der Waals surface area contributed by atoms with Crippen molar-refractivity contribution in [3.05, 3.63) is 23.2 Å². The van der Waals surface area contributed by atoms with Crippen molar-refractivity contribution in [2.75, 3.05) is 19.0 Å². The lowest BCUT2D eigenvalue weighted by Gasteiger charge is -2.23. The summed E-state index contributed by atoms with van der Waals surface area (Å²) in [5.74, 6) is 0.535. The van der Waals surface area contributed by atoms with E-state index in [2.05, 4.69) is 19.2 Å². The Labute approximate surface area is 125 Å². The van der Waals surface area contributed by atoms with Crippen LogP contribution < -0.4 is 15.8 Å². The van der Waals surface area contributed by atoms with Gasteiger partial charge in [0.25, 0.3) is 0 Å². The number of ether oxygens (including phenoxy) is 1. The Hall–Kier alpha value is -1.26. The number of methoxy groups -OCH3 is 1. The molecule has 0 aliphatic rings. The molecule has 0 aliphatic carbocycles. The van der Waals surface area contributed by atoms with Gasteiger partial charge in [-0.05, 0) is 36.9 Å². The number of hydrogen-bond donors (Lipinski definition) is 2. The van der Waals surface area contributed by atoms with Crippen LogP contribution in [0.1, 0.15) is 33.1 Å². The Kier molecular flexibility index (Phi) is 6.30. The molecule has 0 saturated carbocycles. The Bertz CT molecular complexity index is 461. The van der Waals surface area contributed by atoms with Crippen LogP contribution in [0.3, 0.4) is 0 Å². The molecule has 1 rings (SSSR count). The van der Waals surface area contributed by atoms with Crippen LogP contribution in [0.2, 0.25) is 5.02 Å². The second-order valence-corrected chi connectivity index (χ2v) is 6.01. The molecule has 1 amide bonds. The quantitative estimate of drug-likeness (QED) is 0.810. The van der Waals surface area contributed by atoms with Crippen LogP contribution in [0.5, 0.6) is 5.75 Å². The number of hydrogen-bond acceptors (Lipinski definition) is 3. The zero-order valence-corrected chi connectivity index (χ0v) is 13.1. The van der Waals surface area contributed by atoms with Crippen LogP contribution in [-0.4, -0.2) is 19.6 Å². The topological polar surface area (TPSA) is 64.3 Å². The van der Waals surface area contributed by atoms with Crippen LogP contribution >= 0.6 is 11.6 Å². The lowest BCUT2D eigenvalue weighted by atomic mass is 9.84. The summed E-state index contributed by atoms with van der Waals surface area (Å²) in [6.45, 7) is 4.89. The first-order valence-corrected chi connectivity index (χ1v) is 7.09. The summed E-state index contributed by atoms with van der Waals surface area (Å²) in [5.41, 5.74) is 6.34. The summed E-state index contributed by atoms with van der Waals surface area (Å²) in [5, 5.41) is 3.37. The van der Waals surface area contributed by atoms with Gasteiger partial charge in [-0.1, -0.05) is 25.4 Å². The van der Waals surface area contributed by atoms with Gasteiger partial charge < -0.3 is 15.8 Å². The smallest absolute Gasteiger partial charge is 0.224 e. The van der Waals surface area contributed by atoms with E-state index < -0.39 is 0 Å². The fourth-order valence-electron chi connectivity index (χ4n) is 1.93. The molecule has 0 aliphatic heterocycles. The maximum absolute atomic E-state index is 11.9. The second kappa shape index (κ2) is 7.50. The Morgan fingerprint density at radius 3 is 2.70 bits per heavy atom. The predicted octanol–water partition coefficient (Wildman–Crippen LogP) is 3.44. The number of rotatable bonds is 7. The van der Waals surface area contributed by atoms with Crippen molar-refractivity contribution in [2.45, 2.75) is 33.1 Å². The van der Waals surface area contributed by atoms with Crippen LogP contribution in [0.15, 0.2) is 18.2 Å². The standard InChI is InChI=1S/C15H23ClN2O2/c1-15(2,8-9-17)7-6-14(19)18-11-4-5-12(16)13(10-11)20-3/h4-5,10H,6-9,17H2,1-3H3,(H,18,19).